The second-order valence-corrected chi connectivity index (χ2v) is 2.90. The molecule has 2 N–H and O–H groups in total. The minimum atomic E-state index is 0.651. The lowest BCUT2D eigenvalue weighted by Crippen LogP contribution is -2.23. The topological polar surface area (TPSA) is 24.1 Å². The van der Waals surface area contributed by atoms with Crippen molar-refractivity contribution in [1.82, 2.24) is 5.32 Å². The van der Waals surface area contributed by atoms with Gasteiger partial charge in [-0.25, -0.2) is 0 Å². The molecule has 0 unspecified atom stereocenters. The average molecular weight is 172 g/mol. The summed E-state index contributed by atoms with van der Waals surface area (Å²) in [7, 11) is 1.79. The SMILES string of the molecule is CNC(=S)Nc1ccsc1. The van der Waals surface area contributed by atoms with Gasteiger partial charge in [-0.2, -0.15) is 11.3 Å². The van der Waals surface area contributed by atoms with Gasteiger partial charge >= 0.3 is 0 Å². The molecule has 0 aliphatic rings. The van der Waals surface area contributed by atoms with Crippen molar-refractivity contribution in [3.8, 4) is 0 Å². The smallest absolute Gasteiger partial charge is 0.170 e. The predicted octanol–water partition coefficient (Wildman–Crippen LogP) is 1.66. The molecule has 0 saturated carbocycles. The standard InChI is InChI=1S/C6H8N2S2/c1-7-6(9)8-5-2-3-10-4-5/h2-4H,1H3,(H2,7,8,9). The summed E-state index contributed by atoms with van der Waals surface area (Å²) in [4.78, 5) is 0. The highest BCUT2D eigenvalue weighted by molar-refractivity contribution is 7.80. The molecule has 1 rings (SSSR count). The van der Waals surface area contributed by atoms with Crippen molar-refractivity contribution in [2.24, 2.45) is 0 Å². The Labute approximate surface area is 69.3 Å². The molecule has 0 fully saturated rings. The molecule has 0 aliphatic heterocycles. The first-order valence-corrected chi connectivity index (χ1v) is 4.19. The average Bonchev–Trinajstić information content (AvgIpc) is 2.40. The Morgan fingerprint density at radius 2 is 2.50 bits per heavy atom. The van der Waals surface area contributed by atoms with Crippen LogP contribution in [0.4, 0.5) is 5.69 Å². The van der Waals surface area contributed by atoms with Gasteiger partial charge in [-0.05, 0) is 23.7 Å². The van der Waals surface area contributed by atoms with Crippen LogP contribution in [0.25, 0.3) is 0 Å². The molecule has 54 valence electrons. The number of anilines is 1. The summed E-state index contributed by atoms with van der Waals surface area (Å²) in [6, 6.07) is 1.98. The lowest BCUT2D eigenvalue weighted by atomic mass is 10.5. The van der Waals surface area contributed by atoms with Crippen LogP contribution in [0.1, 0.15) is 0 Å². The van der Waals surface area contributed by atoms with Gasteiger partial charge in [0.05, 0.1) is 5.69 Å². The molecule has 0 radical (unpaired) electrons. The first-order valence-electron chi connectivity index (χ1n) is 2.84. The summed E-state index contributed by atoms with van der Waals surface area (Å²) in [5, 5.41) is 10.5. The maximum Gasteiger partial charge on any atom is 0.170 e. The van der Waals surface area contributed by atoms with Crippen molar-refractivity contribution in [3.05, 3.63) is 16.8 Å². The van der Waals surface area contributed by atoms with Crippen LogP contribution in [0.5, 0.6) is 0 Å². The van der Waals surface area contributed by atoms with Crippen LogP contribution in [0.15, 0.2) is 16.8 Å². The van der Waals surface area contributed by atoms with E-state index in [1.807, 2.05) is 16.8 Å². The molecule has 4 heteroatoms. The van der Waals surface area contributed by atoms with E-state index in [9.17, 15) is 0 Å². The number of thiocarbonyl (C=S) groups is 1. The predicted molar refractivity (Wildman–Crippen MR) is 49.6 cm³/mol. The summed E-state index contributed by atoms with van der Waals surface area (Å²) in [5.74, 6) is 0. The van der Waals surface area contributed by atoms with Crippen molar-refractivity contribution in [1.29, 1.82) is 0 Å². The van der Waals surface area contributed by atoms with E-state index in [4.69, 9.17) is 12.2 Å². The van der Waals surface area contributed by atoms with Gasteiger partial charge < -0.3 is 10.6 Å². The van der Waals surface area contributed by atoms with Crippen LogP contribution in [0.3, 0.4) is 0 Å². The van der Waals surface area contributed by atoms with E-state index in [2.05, 4.69) is 10.6 Å². The number of hydrogen-bond donors (Lipinski definition) is 2. The third kappa shape index (κ3) is 1.97. The molecule has 1 aromatic heterocycles. The Balaban J connectivity index is 2.48. The van der Waals surface area contributed by atoms with E-state index in [0.29, 0.717) is 5.11 Å². The molecule has 2 nitrogen and oxygen atoms in total. The third-order valence-corrected chi connectivity index (χ3v) is 2.00. The first kappa shape index (κ1) is 7.50. The summed E-state index contributed by atoms with van der Waals surface area (Å²) in [6.45, 7) is 0. The van der Waals surface area contributed by atoms with Gasteiger partial charge in [0.25, 0.3) is 0 Å². The van der Waals surface area contributed by atoms with Crippen molar-refractivity contribution in [2.75, 3.05) is 12.4 Å². The lowest BCUT2D eigenvalue weighted by molar-refractivity contribution is 1.20. The molecule has 0 aromatic carbocycles. The van der Waals surface area contributed by atoms with Crippen molar-refractivity contribution in [2.45, 2.75) is 0 Å². The molecular formula is C6H8N2S2. The molecular weight excluding hydrogens is 164 g/mol. The van der Waals surface area contributed by atoms with E-state index in [1.165, 1.54) is 0 Å². The van der Waals surface area contributed by atoms with Gasteiger partial charge in [0.1, 0.15) is 0 Å². The van der Waals surface area contributed by atoms with Gasteiger partial charge in [0.2, 0.25) is 0 Å². The maximum atomic E-state index is 4.89. The van der Waals surface area contributed by atoms with Gasteiger partial charge in [0.15, 0.2) is 5.11 Å². The molecule has 1 heterocycles. The Kier molecular flexibility index (Phi) is 2.65. The van der Waals surface area contributed by atoms with Gasteiger partial charge in [0, 0.05) is 12.4 Å². The highest BCUT2D eigenvalue weighted by Gasteiger charge is 1.92. The van der Waals surface area contributed by atoms with Gasteiger partial charge in [-0.3, -0.25) is 0 Å². The van der Waals surface area contributed by atoms with E-state index < -0.39 is 0 Å². The van der Waals surface area contributed by atoms with E-state index in [-0.39, 0.29) is 0 Å². The lowest BCUT2D eigenvalue weighted by Gasteiger charge is -2.02. The fourth-order valence-corrected chi connectivity index (χ4v) is 1.23. The number of nitrogens with one attached hydrogen (secondary N) is 2. The molecule has 0 spiro atoms. The van der Waals surface area contributed by atoms with Gasteiger partial charge in [-0.1, -0.05) is 0 Å². The molecule has 0 atom stereocenters. The minimum Gasteiger partial charge on any atom is -0.366 e. The number of hydrogen-bond acceptors (Lipinski definition) is 2. The summed E-state index contributed by atoms with van der Waals surface area (Å²) in [5.41, 5.74) is 1.05. The highest BCUT2D eigenvalue weighted by Crippen LogP contribution is 2.10. The van der Waals surface area contributed by atoms with Crippen molar-refractivity contribution in [3.63, 3.8) is 0 Å². The zero-order chi connectivity index (χ0) is 7.40. The molecule has 0 aliphatic carbocycles. The number of rotatable bonds is 1. The van der Waals surface area contributed by atoms with Crippen molar-refractivity contribution >= 4 is 34.4 Å². The summed E-state index contributed by atoms with van der Waals surface area (Å²) < 4.78 is 0. The Morgan fingerprint density at radius 1 is 1.70 bits per heavy atom. The minimum absolute atomic E-state index is 0.651. The van der Waals surface area contributed by atoms with Crippen LogP contribution in [0, 0.1) is 0 Å². The van der Waals surface area contributed by atoms with E-state index >= 15 is 0 Å². The third-order valence-electron chi connectivity index (χ3n) is 1.01. The fraction of sp³-hybridized carbons (Fsp3) is 0.167. The van der Waals surface area contributed by atoms with Crippen LogP contribution in [-0.4, -0.2) is 12.2 Å². The van der Waals surface area contributed by atoms with E-state index in [1.54, 1.807) is 18.4 Å². The Hall–Kier alpha value is -0.610. The normalized spacial score (nSPS) is 8.90. The molecule has 10 heavy (non-hydrogen) atoms. The zero-order valence-corrected chi connectivity index (χ0v) is 7.18. The summed E-state index contributed by atoms with van der Waals surface area (Å²) in [6.07, 6.45) is 0. The molecule has 0 amide bonds. The monoisotopic (exact) mass is 172 g/mol. The quantitative estimate of drug-likeness (QED) is 0.630. The first-order chi connectivity index (χ1) is 4.83. The largest absolute Gasteiger partial charge is 0.366 e. The Bertz CT molecular complexity index is 206. The van der Waals surface area contributed by atoms with Crippen LogP contribution >= 0.6 is 23.6 Å². The molecule has 0 saturated heterocycles. The Morgan fingerprint density at radius 3 is 3.00 bits per heavy atom. The van der Waals surface area contributed by atoms with Crippen LogP contribution < -0.4 is 10.6 Å². The second kappa shape index (κ2) is 3.53. The van der Waals surface area contributed by atoms with Crippen LogP contribution in [0.2, 0.25) is 0 Å². The van der Waals surface area contributed by atoms with Crippen LogP contribution in [-0.2, 0) is 0 Å². The van der Waals surface area contributed by atoms with Gasteiger partial charge in [-0.15, -0.1) is 0 Å². The summed E-state index contributed by atoms with van der Waals surface area (Å²) >= 11 is 6.53. The van der Waals surface area contributed by atoms with Crippen molar-refractivity contribution < 1.29 is 0 Å². The second-order valence-electron chi connectivity index (χ2n) is 1.72. The molecule has 1 aromatic rings. The number of thiophene rings is 1. The zero-order valence-electron chi connectivity index (χ0n) is 5.55. The highest BCUT2D eigenvalue weighted by atomic mass is 32.1. The molecule has 0 bridgehead atoms. The maximum absolute atomic E-state index is 4.89. The fourth-order valence-electron chi connectivity index (χ4n) is 0.529. The van der Waals surface area contributed by atoms with E-state index in [0.717, 1.165) is 5.69 Å².